The highest BCUT2D eigenvalue weighted by Gasteiger charge is 2.10. The van der Waals surface area contributed by atoms with Gasteiger partial charge in [0.25, 0.3) is 0 Å². The molecule has 0 aromatic rings. The summed E-state index contributed by atoms with van der Waals surface area (Å²) in [4.78, 5) is 0. The summed E-state index contributed by atoms with van der Waals surface area (Å²) in [6, 6.07) is 0. The monoisotopic (exact) mass is 168 g/mol. The van der Waals surface area contributed by atoms with Crippen LogP contribution in [0.4, 0.5) is 0 Å². The van der Waals surface area contributed by atoms with E-state index in [1.807, 2.05) is 0 Å². The molecule has 0 saturated carbocycles. The van der Waals surface area contributed by atoms with Crippen LogP contribution in [0, 0.1) is 0 Å². The number of aliphatic hydroxyl groups excluding tert-OH is 1. The first-order valence-electron chi connectivity index (χ1n) is 3.25. The lowest BCUT2D eigenvalue weighted by molar-refractivity contribution is -0.889. The average Bonchev–Trinajstić information content (AvgIpc) is 1.64. The van der Waals surface area contributed by atoms with Crippen molar-refractivity contribution in [2.24, 2.45) is 5.73 Å². The number of halogens is 1. The quantitative estimate of drug-likeness (QED) is 0.421. The molecule has 3 N–H and O–H groups in total. The van der Waals surface area contributed by atoms with Crippen molar-refractivity contribution in [1.82, 2.24) is 0 Å². The van der Waals surface area contributed by atoms with Crippen LogP contribution in [0.15, 0.2) is 0 Å². The van der Waals surface area contributed by atoms with Gasteiger partial charge < -0.3 is 27.7 Å². The van der Waals surface area contributed by atoms with Crippen LogP contribution in [0.1, 0.15) is 0 Å². The minimum Gasteiger partial charge on any atom is -1.00 e. The Morgan fingerprint density at radius 3 is 2.10 bits per heavy atom. The molecule has 0 heterocycles. The van der Waals surface area contributed by atoms with Crippen molar-refractivity contribution in [2.45, 2.75) is 0 Å². The molecule has 3 nitrogen and oxygen atoms in total. The van der Waals surface area contributed by atoms with Gasteiger partial charge in [-0.2, -0.15) is 0 Å². The van der Waals surface area contributed by atoms with E-state index in [-0.39, 0.29) is 19.0 Å². The van der Waals surface area contributed by atoms with E-state index in [4.69, 9.17) is 10.8 Å². The maximum atomic E-state index is 8.57. The zero-order chi connectivity index (χ0) is 7.33. The molecule has 0 unspecified atom stereocenters. The van der Waals surface area contributed by atoms with Crippen LogP contribution in [0.25, 0.3) is 0 Å². The van der Waals surface area contributed by atoms with Crippen molar-refractivity contribution in [2.75, 3.05) is 40.3 Å². The van der Waals surface area contributed by atoms with Gasteiger partial charge in [0, 0.05) is 6.54 Å². The highest BCUT2D eigenvalue weighted by atomic mass is 35.5. The molecular weight excluding hydrogens is 152 g/mol. The first-order chi connectivity index (χ1) is 4.12. The fourth-order valence-corrected chi connectivity index (χ4v) is 0.732. The topological polar surface area (TPSA) is 46.2 Å². The van der Waals surface area contributed by atoms with Gasteiger partial charge in [-0.15, -0.1) is 0 Å². The molecule has 0 aliphatic rings. The zero-order valence-electron chi connectivity index (χ0n) is 6.68. The number of nitrogens with zero attached hydrogens (tertiary/aromatic N) is 1. The molecule has 0 rings (SSSR count). The smallest absolute Gasteiger partial charge is 0.102 e. The van der Waals surface area contributed by atoms with E-state index in [1.165, 1.54) is 0 Å². The van der Waals surface area contributed by atoms with Crippen molar-refractivity contribution < 1.29 is 22.0 Å². The average molecular weight is 169 g/mol. The molecule has 64 valence electrons. The zero-order valence-corrected chi connectivity index (χ0v) is 7.43. The lowest BCUT2D eigenvalue weighted by Gasteiger charge is -2.27. The molecule has 0 bridgehead atoms. The predicted octanol–water partition coefficient (Wildman–Crippen LogP) is -3.98. The van der Waals surface area contributed by atoms with Crippen LogP contribution in [-0.4, -0.2) is 49.9 Å². The van der Waals surface area contributed by atoms with E-state index in [1.54, 1.807) is 0 Å². The van der Waals surface area contributed by atoms with Crippen LogP contribution in [0.5, 0.6) is 0 Å². The van der Waals surface area contributed by atoms with Gasteiger partial charge in [-0.3, -0.25) is 0 Å². The van der Waals surface area contributed by atoms with Crippen molar-refractivity contribution in [3.05, 3.63) is 0 Å². The second kappa shape index (κ2) is 5.92. The molecule has 0 radical (unpaired) electrons. The van der Waals surface area contributed by atoms with E-state index < -0.39 is 0 Å². The summed E-state index contributed by atoms with van der Waals surface area (Å²) in [6.07, 6.45) is 0. The van der Waals surface area contributed by atoms with Crippen molar-refractivity contribution in [3.63, 3.8) is 0 Å². The Morgan fingerprint density at radius 2 is 1.80 bits per heavy atom. The van der Waals surface area contributed by atoms with E-state index in [2.05, 4.69) is 14.1 Å². The Kier molecular flexibility index (Phi) is 7.58. The van der Waals surface area contributed by atoms with Crippen LogP contribution < -0.4 is 18.1 Å². The summed E-state index contributed by atoms with van der Waals surface area (Å²) < 4.78 is 0.812. The number of hydrogen-bond acceptors (Lipinski definition) is 2. The minimum absolute atomic E-state index is 0. The molecule has 0 amide bonds. The second-order valence-electron chi connectivity index (χ2n) is 2.90. The van der Waals surface area contributed by atoms with E-state index >= 15 is 0 Å². The molecule has 0 aliphatic heterocycles. The molecule has 4 heteroatoms. The van der Waals surface area contributed by atoms with Crippen molar-refractivity contribution >= 4 is 0 Å². The molecule has 0 fully saturated rings. The Bertz CT molecular complexity index is 70.1. The van der Waals surface area contributed by atoms with Crippen LogP contribution >= 0.6 is 0 Å². The first-order valence-corrected chi connectivity index (χ1v) is 3.25. The fraction of sp³-hybridized carbons (Fsp3) is 1.00. The van der Waals surface area contributed by atoms with Gasteiger partial charge in [0.05, 0.1) is 27.2 Å². The summed E-state index contributed by atoms with van der Waals surface area (Å²) in [5, 5.41) is 8.57. The molecule has 0 aromatic carbocycles. The molecule has 0 aliphatic carbocycles. The summed E-state index contributed by atoms with van der Waals surface area (Å²) in [5.41, 5.74) is 5.35. The highest BCUT2D eigenvalue weighted by molar-refractivity contribution is 4.33. The second-order valence-corrected chi connectivity index (χ2v) is 2.90. The van der Waals surface area contributed by atoms with Crippen molar-refractivity contribution in [3.8, 4) is 0 Å². The van der Waals surface area contributed by atoms with Gasteiger partial charge in [-0.1, -0.05) is 0 Å². The van der Waals surface area contributed by atoms with E-state index in [9.17, 15) is 0 Å². The number of nitrogens with two attached hydrogens (primary N) is 1. The summed E-state index contributed by atoms with van der Waals surface area (Å²) in [6.45, 7) is 2.65. The number of hydrogen-bond donors (Lipinski definition) is 2. The standard InChI is InChI=1S/C6H17N2O.ClH/c1-8(2,4-3-7)5-6-9;/h9H,3-7H2,1-2H3;1H/q+1;/p-1. The lowest BCUT2D eigenvalue weighted by atomic mass is 10.4. The van der Waals surface area contributed by atoms with Crippen LogP contribution in [-0.2, 0) is 0 Å². The van der Waals surface area contributed by atoms with E-state index in [0.29, 0.717) is 6.54 Å². The minimum atomic E-state index is 0. The summed E-state index contributed by atoms with van der Waals surface area (Å²) in [7, 11) is 4.12. The van der Waals surface area contributed by atoms with Gasteiger partial charge in [-0.25, -0.2) is 0 Å². The first kappa shape index (κ1) is 12.8. The number of quaternary nitrogens is 1. The van der Waals surface area contributed by atoms with Crippen LogP contribution in [0.3, 0.4) is 0 Å². The SMILES string of the molecule is C[N+](C)(CCN)CCO.[Cl-]. The van der Waals surface area contributed by atoms with Gasteiger partial charge in [-0.05, 0) is 0 Å². The lowest BCUT2D eigenvalue weighted by Crippen LogP contribution is -3.00. The molecule has 0 atom stereocenters. The fourth-order valence-electron chi connectivity index (χ4n) is 0.732. The number of rotatable bonds is 4. The number of aliphatic hydroxyl groups is 1. The maximum Gasteiger partial charge on any atom is 0.102 e. The van der Waals surface area contributed by atoms with Gasteiger partial charge in [0.15, 0.2) is 0 Å². The third-order valence-electron chi connectivity index (χ3n) is 1.44. The Morgan fingerprint density at radius 1 is 1.30 bits per heavy atom. The van der Waals surface area contributed by atoms with Crippen LogP contribution in [0.2, 0.25) is 0 Å². The number of likely N-dealkylation sites (N-methyl/N-ethyl adjacent to an activating group) is 1. The molecule has 0 spiro atoms. The summed E-state index contributed by atoms with van der Waals surface area (Å²) in [5.74, 6) is 0. The molecule has 0 saturated heterocycles. The summed E-state index contributed by atoms with van der Waals surface area (Å²) >= 11 is 0. The van der Waals surface area contributed by atoms with Gasteiger partial charge >= 0.3 is 0 Å². The maximum absolute atomic E-state index is 8.57. The van der Waals surface area contributed by atoms with Gasteiger partial charge in [0.1, 0.15) is 6.54 Å². The third-order valence-corrected chi connectivity index (χ3v) is 1.44. The Labute approximate surface area is 68.8 Å². The molecule has 10 heavy (non-hydrogen) atoms. The Hall–Kier alpha value is 0.170. The largest absolute Gasteiger partial charge is 1.00 e. The third kappa shape index (κ3) is 6.29. The molecule has 0 aromatic heterocycles. The van der Waals surface area contributed by atoms with Gasteiger partial charge in [0.2, 0.25) is 0 Å². The van der Waals surface area contributed by atoms with E-state index in [0.717, 1.165) is 17.6 Å². The highest BCUT2D eigenvalue weighted by Crippen LogP contribution is 1.92. The Balaban J connectivity index is 0. The molecular formula is C6H17ClN2O. The predicted molar refractivity (Wildman–Crippen MR) is 38.0 cm³/mol. The normalized spacial score (nSPS) is 10.8. The van der Waals surface area contributed by atoms with Crippen molar-refractivity contribution in [1.29, 1.82) is 0 Å².